The van der Waals surface area contributed by atoms with Gasteiger partial charge in [-0.15, -0.1) is 11.3 Å². The minimum absolute atomic E-state index is 0.0838. The quantitative estimate of drug-likeness (QED) is 0.689. The molecule has 8 nitrogen and oxygen atoms in total. The maximum absolute atomic E-state index is 13.3. The number of carbonyl (C=O) groups excluding carboxylic acids is 2. The molecule has 3 aromatic rings. The molecule has 2 aromatic heterocycles. The third-order valence-corrected chi connectivity index (χ3v) is 5.98. The van der Waals surface area contributed by atoms with Crippen LogP contribution in [0.25, 0.3) is 5.69 Å². The highest BCUT2D eigenvalue weighted by atomic mass is 32.1. The Balaban J connectivity index is 1.50. The Morgan fingerprint density at radius 2 is 2.03 bits per heavy atom. The molecule has 0 saturated heterocycles. The Bertz CT molecular complexity index is 1110. The van der Waals surface area contributed by atoms with Crippen LogP contribution in [0, 0.1) is 0 Å². The number of amides is 3. The number of hydrogen-bond donors (Lipinski definition) is 1. The average Bonchev–Trinajstić information content (AvgIpc) is 3.46. The lowest BCUT2D eigenvalue weighted by molar-refractivity contribution is -0.119. The summed E-state index contributed by atoms with van der Waals surface area (Å²) in [5, 5.41) is 9.40. The van der Waals surface area contributed by atoms with Gasteiger partial charge in [-0.05, 0) is 30.0 Å². The van der Waals surface area contributed by atoms with Crippen LogP contribution in [0.1, 0.15) is 16.9 Å². The van der Waals surface area contributed by atoms with Crippen LogP contribution in [-0.2, 0) is 11.3 Å². The van der Waals surface area contributed by atoms with Gasteiger partial charge >= 0.3 is 6.03 Å². The van der Waals surface area contributed by atoms with Crippen molar-refractivity contribution in [1.82, 2.24) is 20.0 Å². The Hall–Kier alpha value is -3.46. The van der Waals surface area contributed by atoms with Crippen molar-refractivity contribution in [3.05, 3.63) is 64.5 Å². The van der Waals surface area contributed by atoms with E-state index in [1.807, 2.05) is 47.8 Å². The summed E-state index contributed by atoms with van der Waals surface area (Å²) in [7, 11) is 0. The van der Waals surface area contributed by atoms with Crippen LogP contribution in [-0.4, -0.2) is 52.1 Å². The molecule has 2 aliphatic rings. The summed E-state index contributed by atoms with van der Waals surface area (Å²) in [6.45, 7) is 1.62. The van der Waals surface area contributed by atoms with Gasteiger partial charge in [0.2, 0.25) is 5.91 Å². The fraction of sp³-hybridized carbons (Fsp3) is 0.238. The van der Waals surface area contributed by atoms with Crippen LogP contribution < -0.4 is 10.2 Å². The number of carbonyl (C=O) groups is 2. The first-order chi connectivity index (χ1) is 14.7. The normalized spacial score (nSPS) is 15.5. The smallest absolute Gasteiger partial charge is 0.331 e. The van der Waals surface area contributed by atoms with E-state index < -0.39 is 0 Å². The van der Waals surface area contributed by atoms with Crippen LogP contribution in [0.2, 0.25) is 0 Å². The van der Waals surface area contributed by atoms with Crippen LogP contribution in [0.5, 0.6) is 0 Å². The zero-order valence-corrected chi connectivity index (χ0v) is 17.0. The van der Waals surface area contributed by atoms with E-state index in [4.69, 9.17) is 0 Å². The third-order valence-electron chi connectivity index (χ3n) is 5.10. The number of aromatic nitrogens is 2. The number of thiophene rings is 1. The molecule has 1 aromatic carbocycles. The molecule has 0 aliphatic carbocycles. The molecule has 4 heterocycles. The number of para-hydroxylation sites is 1. The average molecular weight is 420 g/mol. The van der Waals surface area contributed by atoms with E-state index in [-0.39, 0.29) is 18.5 Å². The summed E-state index contributed by atoms with van der Waals surface area (Å²) in [5.41, 5.74) is 1.59. The molecular weight excluding hydrogens is 400 g/mol. The minimum atomic E-state index is -0.245. The molecule has 0 bridgehead atoms. The number of rotatable bonds is 5. The fourth-order valence-electron chi connectivity index (χ4n) is 3.72. The van der Waals surface area contributed by atoms with Crippen molar-refractivity contribution >= 4 is 34.9 Å². The monoisotopic (exact) mass is 420 g/mol. The minimum Gasteiger partial charge on any atom is -0.350 e. The summed E-state index contributed by atoms with van der Waals surface area (Å²) in [6.07, 6.45) is 2.53. The van der Waals surface area contributed by atoms with Crippen molar-refractivity contribution in [3.8, 4) is 5.69 Å². The molecule has 0 saturated carbocycles. The molecule has 3 amide bonds. The lowest BCUT2D eigenvalue weighted by atomic mass is 10.1. The van der Waals surface area contributed by atoms with E-state index in [1.165, 1.54) is 4.90 Å². The zero-order chi connectivity index (χ0) is 20.5. The highest BCUT2D eigenvalue weighted by Gasteiger charge is 2.40. The van der Waals surface area contributed by atoms with Crippen LogP contribution >= 0.6 is 11.3 Å². The van der Waals surface area contributed by atoms with Gasteiger partial charge in [0.15, 0.2) is 5.82 Å². The molecule has 1 N–H and O–H groups in total. The number of amidine groups is 1. The second kappa shape index (κ2) is 7.75. The van der Waals surface area contributed by atoms with E-state index in [0.717, 1.165) is 22.5 Å². The molecule has 5 rings (SSSR count). The summed E-state index contributed by atoms with van der Waals surface area (Å²) in [5.74, 6) is 0.994. The highest BCUT2D eigenvalue weighted by molar-refractivity contribution is 7.09. The molecule has 9 heteroatoms. The second-order valence-corrected chi connectivity index (χ2v) is 8.10. The first kappa shape index (κ1) is 18.6. The van der Waals surface area contributed by atoms with Crippen molar-refractivity contribution in [2.75, 3.05) is 24.5 Å². The van der Waals surface area contributed by atoms with Gasteiger partial charge < -0.3 is 5.32 Å². The lowest BCUT2D eigenvalue weighted by Gasteiger charge is -2.37. The second-order valence-electron chi connectivity index (χ2n) is 7.06. The van der Waals surface area contributed by atoms with Crippen molar-refractivity contribution < 1.29 is 9.59 Å². The van der Waals surface area contributed by atoms with Crippen molar-refractivity contribution in [2.45, 2.75) is 13.0 Å². The summed E-state index contributed by atoms with van der Waals surface area (Å²) < 4.78 is 1.70. The number of fused-ring (bicyclic) bond motifs is 3. The van der Waals surface area contributed by atoms with Gasteiger partial charge in [-0.3, -0.25) is 19.6 Å². The molecule has 152 valence electrons. The predicted molar refractivity (Wildman–Crippen MR) is 115 cm³/mol. The molecule has 0 unspecified atom stereocenters. The Morgan fingerprint density at radius 3 is 2.83 bits per heavy atom. The predicted octanol–water partition coefficient (Wildman–Crippen LogP) is 2.64. The van der Waals surface area contributed by atoms with E-state index in [1.54, 1.807) is 27.1 Å². The number of urea groups is 1. The highest BCUT2D eigenvalue weighted by Crippen LogP contribution is 2.32. The molecule has 2 aliphatic heterocycles. The Labute approximate surface area is 177 Å². The molecule has 30 heavy (non-hydrogen) atoms. The molecule has 0 atom stereocenters. The lowest BCUT2D eigenvalue weighted by Crippen LogP contribution is -2.55. The number of nitrogens with zero attached hydrogens (tertiary/aromatic N) is 5. The van der Waals surface area contributed by atoms with Gasteiger partial charge in [0.25, 0.3) is 0 Å². The largest absolute Gasteiger partial charge is 0.350 e. The van der Waals surface area contributed by atoms with E-state index in [9.17, 15) is 9.59 Å². The van der Waals surface area contributed by atoms with Crippen LogP contribution in [0.15, 0.2) is 59.0 Å². The number of benzene rings is 1. The topological polar surface area (TPSA) is 82.8 Å². The number of anilines is 1. The van der Waals surface area contributed by atoms with Gasteiger partial charge in [0.05, 0.1) is 24.0 Å². The number of hydrogen-bond acceptors (Lipinski definition) is 5. The zero-order valence-electron chi connectivity index (χ0n) is 16.2. The van der Waals surface area contributed by atoms with Gasteiger partial charge in [-0.25, -0.2) is 9.48 Å². The first-order valence-electron chi connectivity index (χ1n) is 9.79. The van der Waals surface area contributed by atoms with E-state index in [0.29, 0.717) is 31.3 Å². The summed E-state index contributed by atoms with van der Waals surface area (Å²) >= 11 is 1.58. The van der Waals surface area contributed by atoms with Gasteiger partial charge in [0.1, 0.15) is 12.4 Å². The fourth-order valence-corrected chi connectivity index (χ4v) is 4.36. The standard InChI is InChI=1S/C21H20N6O2S/c28-18(23-12-16-8-4-11-30-16)14-26-20-17(19-22-9-5-10-25(19)21(26)29)13-24-27(20)15-6-2-1-3-7-15/h1-4,6-8,11,13H,5,9-10,12,14H2,(H,23,28). The summed E-state index contributed by atoms with van der Waals surface area (Å²) in [6, 6.07) is 13.3. The molecule has 0 fully saturated rings. The van der Waals surface area contributed by atoms with Crippen LogP contribution in [0.4, 0.5) is 10.6 Å². The van der Waals surface area contributed by atoms with Gasteiger partial charge in [-0.1, -0.05) is 24.3 Å². The Kier molecular flexibility index (Phi) is 4.80. The molecule has 0 radical (unpaired) electrons. The van der Waals surface area contributed by atoms with Crippen molar-refractivity contribution in [2.24, 2.45) is 4.99 Å². The number of aliphatic imine (C=N–C) groups is 1. The van der Waals surface area contributed by atoms with Gasteiger partial charge in [-0.2, -0.15) is 5.10 Å². The van der Waals surface area contributed by atoms with Crippen molar-refractivity contribution in [1.29, 1.82) is 0 Å². The Morgan fingerprint density at radius 1 is 1.17 bits per heavy atom. The number of nitrogens with one attached hydrogen (secondary N) is 1. The van der Waals surface area contributed by atoms with Crippen LogP contribution in [0.3, 0.4) is 0 Å². The first-order valence-corrected chi connectivity index (χ1v) is 10.7. The SMILES string of the molecule is O=C(CN1C(=O)N2CCCN=C2c2cnn(-c3ccccc3)c21)NCc1cccs1. The third kappa shape index (κ3) is 3.26. The maximum atomic E-state index is 13.3. The summed E-state index contributed by atoms with van der Waals surface area (Å²) in [4.78, 5) is 34.8. The molecular formula is C21H20N6O2S. The van der Waals surface area contributed by atoms with E-state index in [2.05, 4.69) is 15.4 Å². The maximum Gasteiger partial charge on any atom is 0.331 e. The van der Waals surface area contributed by atoms with Gasteiger partial charge in [0, 0.05) is 18.0 Å². The van der Waals surface area contributed by atoms with E-state index >= 15 is 0 Å². The molecule has 0 spiro atoms. The van der Waals surface area contributed by atoms with Crippen molar-refractivity contribution in [3.63, 3.8) is 0 Å².